The molecule has 0 aromatic heterocycles. The van der Waals surface area contributed by atoms with E-state index in [1.165, 1.54) is 37.8 Å². The maximum atomic E-state index is 13.2. The molecule has 4 heteroatoms. The van der Waals surface area contributed by atoms with Crippen LogP contribution in [0.2, 0.25) is 0 Å². The van der Waals surface area contributed by atoms with Gasteiger partial charge in [0.2, 0.25) is 0 Å². The number of hydrogen-bond donors (Lipinski definition) is 0. The fourth-order valence-electron chi connectivity index (χ4n) is 3.65. The molecule has 1 spiro atoms. The van der Waals surface area contributed by atoms with Gasteiger partial charge in [0.1, 0.15) is 23.5 Å². The minimum atomic E-state index is -0.600. The van der Waals surface area contributed by atoms with E-state index < -0.39 is 11.6 Å². The van der Waals surface area contributed by atoms with Crippen molar-refractivity contribution in [2.45, 2.75) is 56.4 Å². The molecule has 2 atom stereocenters. The number of halogens is 3. The molecule has 1 aromatic carbocycles. The molecule has 2 aliphatic rings. The van der Waals surface area contributed by atoms with Gasteiger partial charge in [-0.15, -0.1) is 11.6 Å². The zero-order valence-electron chi connectivity index (χ0n) is 11.4. The van der Waals surface area contributed by atoms with E-state index in [-0.39, 0.29) is 22.6 Å². The molecule has 0 N–H and O–H groups in total. The Morgan fingerprint density at radius 2 is 1.60 bits per heavy atom. The Morgan fingerprint density at radius 1 is 1.00 bits per heavy atom. The molecule has 2 fully saturated rings. The summed E-state index contributed by atoms with van der Waals surface area (Å²) in [6, 6.07) is 3.35. The van der Waals surface area contributed by atoms with Gasteiger partial charge in [-0.25, -0.2) is 8.78 Å². The molecule has 0 bridgehead atoms. The van der Waals surface area contributed by atoms with E-state index in [2.05, 4.69) is 0 Å². The summed E-state index contributed by atoms with van der Waals surface area (Å²) in [4.78, 5) is 0. The van der Waals surface area contributed by atoms with Gasteiger partial charge in [-0.2, -0.15) is 0 Å². The van der Waals surface area contributed by atoms with Crippen LogP contribution in [0.25, 0.3) is 0 Å². The first-order chi connectivity index (χ1) is 9.60. The van der Waals surface area contributed by atoms with Crippen molar-refractivity contribution in [2.24, 2.45) is 5.41 Å². The van der Waals surface area contributed by atoms with Gasteiger partial charge >= 0.3 is 0 Å². The van der Waals surface area contributed by atoms with Gasteiger partial charge in [0, 0.05) is 35.4 Å². The van der Waals surface area contributed by atoms with Gasteiger partial charge in [0.05, 0.1) is 0 Å². The first kappa shape index (κ1) is 14.1. The second-order valence-corrected chi connectivity index (χ2v) is 6.59. The quantitative estimate of drug-likeness (QED) is 0.693. The van der Waals surface area contributed by atoms with Crippen LogP contribution in [-0.4, -0.2) is 11.5 Å². The molecule has 20 heavy (non-hydrogen) atoms. The molecule has 2 unspecified atom stereocenters. The number of alkyl halides is 1. The average Bonchev–Trinajstić information content (AvgIpc) is 2.65. The Kier molecular flexibility index (Phi) is 3.89. The number of ether oxygens (including phenoxy) is 1. The maximum Gasteiger partial charge on any atom is 0.129 e. The third kappa shape index (κ3) is 2.52. The summed E-state index contributed by atoms with van der Waals surface area (Å²) >= 11 is 6.45. The molecule has 1 aromatic rings. The van der Waals surface area contributed by atoms with Crippen molar-refractivity contribution >= 4 is 11.6 Å². The first-order valence-electron chi connectivity index (χ1n) is 7.37. The summed E-state index contributed by atoms with van der Waals surface area (Å²) in [6.07, 6.45) is 7.69. The van der Waals surface area contributed by atoms with E-state index in [0.29, 0.717) is 0 Å². The molecule has 0 aliphatic heterocycles. The highest BCUT2D eigenvalue weighted by Gasteiger charge is 2.55. The molecule has 0 saturated heterocycles. The van der Waals surface area contributed by atoms with E-state index in [1.54, 1.807) is 0 Å². The van der Waals surface area contributed by atoms with E-state index in [1.807, 2.05) is 0 Å². The van der Waals surface area contributed by atoms with E-state index in [4.69, 9.17) is 16.3 Å². The van der Waals surface area contributed by atoms with Crippen LogP contribution in [0, 0.1) is 17.0 Å². The van der Waals surface area contributed by atoms with Crippen LogP contribution in [0.5, 0.6) is 5.75 Å². The normalized spacial score (nSPS) is 28.8. The lowest BCUT2D eigenvalue weighted by Crippen LogP contribution is -2.57. The summed E-state index contributed by atoms with van der Waals surface area (Å²) in [5.74, 6) is -0.923. The lowest BCUT2D eigenvalue weighted by molar-refractivity contribution is -0.0515. The number of benzene rings is 1. The van der Waals surface area contributed by atoms with Gasteiger partial charge in [-0.05, 0) is 12.8 Å². The molecule has 0 heterocycles. The molecule has 2 saturated carbocycles. The van der Waals surface area contributed by atoms with E-state index in [0.717, 1.165) is 25.3 Å². The SMILES string of the molecule is Fc1cc(F)cc(OC2CC(Cl)C23CCCCCC3)c1. The molecule has 1 nitrogen and oxygen atoms in total. The van der Waals surface area contributed by atoms with Crippen LogP contribution >= 0.6 is 11.6 Å². The zero-order valence-corrected chi connectivity index (χ0v) is 12.1. The lowest BCUT2D eigenvalue weighted by Gasteiger charge is -2.53. The van der Waals surface area contributed by atoms with Gasteiger partial charge in [0.15, 0.2) is 0 Å². The van der Waals surface area contributed by atoms with Crippen LogP contribution in [0.4, 0.5) is 8.78 Å². The van der Waals surface area contributed by atoms with E-state index in [9.17, 15) is 8.78 Å². The molecular formula is C16H19ClF2O. The minimum Gasteiger partial charge on any atom is -0.490 e. The van der Waals surface area contributed by atoms with Crippen molar-refractivity contribution in [3.63, 3.8) is 0 Å². The fourth-order valence-corrected chi connectivity index (χ4v) is 4.17. The monoisotopic (exact) mass is 300 g/mol. The standard InChI is InChI=1S/C16H19ClF2O/c17-14-10-15(16(14)5-3-1-2-4-6-16)20-13-8-11(18)7-12(19)9-13/h7-9,14-15H,1-6,10H2. The van der Waals surface area contributed by atoms with Crippen molar-refractivity contribution in [3.8, 4) is 5.75 Å². The predicted molar refractivity (Wildman–Crippen MR) is 75.2 cm³/mol. The van der Waals surface area contributed by atoms with Crippen molar-refractivity contribution < 1.29 is 13.5 Å². The van der Waals surface area contributed by atoms with Crippen LogP contribution < -0.4 is 4.74 Å². The Bertz CT molecular complexity index is 463. The Morgan fingerprint density at radius 3 is 2.15 bits per heavy atom. The van der Waals surface area contributed by atoms with Crippen LogP contribution in [0.3, 0.4) is 0 Å². The average molecular weight is 301 g/mol. The highest BCUT2D eigenvalue weighted by molar-refractivity contribution is 6.21. The summed E-state index contributed by atoms with van der Waals surface area (Å²) < 4.78 is 32.3. The summed E-state index contributed by atoms with van der Waals surface area (Å²) in [5.41, 5.74) is 0.000843. The van der Waals surface area contributed by atoms with Crippen LogP contribution in [0.1, 0.15) is 44.9 Å². The van der Waals surface area contributed by atoms with Crippen molar-refractivity contribution in [1.82, 2.24) is 0 Å². The second-order valence-electron chi connectivity index (χ2n) is 6.06. The highest BCUT2D eigenvalue weighted by atomic mass is 35.5. The molecule has 110 valence electrons. The number of hydrogen-bond acceptors (Lipinski definition) is 1. The van der Waals surface area contributed by atoms with Gasteiger partial charge < -0.3 is 4.74 Å². The number of rotatable bonds is 2. The summed E-state index contributed by atoms with van der Waals surface area (Å²) in [5, 5.41) is 0.129. The summed E-state index contributed by atoms with van der Waals surface area (Å²) in [6.45, 7) is 0. The van der Waals surface area contributed by atoms with Gasteiger partial charge in [-0.3, -0.25) is 0 Å². The smallest absolute Gasteiger partial charge is 0.129 e. The largest absolute Gasteiger partial charge is 0.490 e. The molecule has 3 rings (SSSR count). The molecule has 2 aliphatic carbocycles. The van der Waals surface area contributed by atoms with Crippen LogP contribution in [0.15, 0.2) is 18.2 Å². The van der Waals surface area contributed by atoms with Crippen molar-refractivity contribution in [3.05, 3.63) is 29.8 Å². The van der Waals surface area contributed by atoms with Crippen molar-refractivity contribution in [2.75, 3.05) is 0 Å². The van der Waals surface area contributed by atoms with E-state index >= 15 is 0 Å². The lowest BCUT2D eigenvalue weighted by atomic mass is 9.61. The minimum absolute atomic E-state index is 0.000843. The molecular weight excluding hydrogens is 282 g/mol. The predicted octanol–water partition coefficient (Wildman–Crippen LogP) is 5.06. The third-order valence-corrected chi connectivity index (χ3v) is 5.45. The highest BCUT2D eigenvalue weighted by Crippen LogP contribution is 2.55. The topological polar surface area (TPSA) is 9.23 Å². The Balaban J connectivity index is 1.76. The van der Waals surface area contributed by atoms with Crippen molar-refractivity contribution in [1.29, 1.82) is 0 Å². The maximum absolute atomic E-state index is 13.2. The van der Waals surface area contributed by atoms with Gasteiger partial charge in [-0.1, -0.05) is 25.7 Å². The fraction of sp³-hybridized carbons (Fsp3) is 0.625. The Labute approximate surface area is 123 Å². The second kappa shape index (κ2) is 5.51. The first-order valence-corrected chi connectivity index (χ1v) is 7.81. The summed E-state index contributed by atoms with van der Waals surface area (Å²) in [7, 11) is 0. The zero-order chi connectivity index (χ0) is 14.2. The Hall–Kier alpha value is -0.830. The van der Waals surface area contributed by atoms with Crippen LogP contribution in [-0.2, 0) is 0 Å². The molecule has 0 radical (unpaired) electrons. The van der Waals surface area contributed by atoms with Gasteiger partial charge in [0.25, 0.3) is 0 Å². The third-order valence-electron chi connectivity index (χ3n) is 4.83. The molecule has 0 amide bonds.